The van der Waals surface area contributed by atoms with Gasteiger partial charge in [0.2, 0.25) is 11.8 Å². The first-order valence-electron chi connectivity index (χ1n) is 14.7. The second kappa shape index (κ2) is 12.5. The molecule has 2 heterocycles. The number of hydrogen-bond donors (Lipinski definition) is 0. The monoisotopic (exact) mass is 532 g/mol. The van der Waals surface area contributed by atoms with Gasteiger partial charge in [0.05, 0.1) is 0 Å². The van der Waals surface area contributed by atoms with Crippen LogP contribution in [0.4, 0.5) is 4.79 Å². The summed E-state index contributed by atoms with van der Waals surface area (Å²) < 4.78 is 11.2. The minimum absolute atomic E-state index is 0.257. The average molecular weight is 533 g/mol. The van der Waals surface area contributed by atoms with Crippen LogP contribution in [-0.4, -0.2) is 16.1 Å². The van der Waals surface area contributed by atoms with Crippen LogP contribution in [0, 0.1) is 0 Å². The molecule has 0 saturated heterocycles. The highest BCUT2D eigenvalue weighted by molar-refractivity contribution is 5.67. The Morgan fingerprint density at radius 2 is 1.00 bits per heavy atom. The third-order valence-corrected chi connectivity index (χ3v) is 8.46. The second-order valence-corrected chi connectivity index (χ2v) is 11.2. The van der Waals surface area contributed by atoms with E-state index in [1.165, 1.54) is 62.5 Å². The zero-order valence-corrected chi connectivity index (χ0v) is 22.9. The summed E-state index contributed by atoms with van der Waals surface area (Å²) in [7, 11) is 0. The van der Waals surface area contributed by atoms with Gasteiger partial charge < -0.3 is 9.47 Å². The van der Waals surface area contributed by atoms with Gasteiger partial charge in [0, 0.05) is 36.4 Å². The van der Waals surface area contributed by atoms with Crippen LogP contribution in [0.3, 0.4) is 0 Å². The quantitative estimate of drug-likeness (QED) is 0.213. The standard InChI is InChI=1S/C35H36N2O3/c38-35(39-33-31(11-5-21-36-33)23-25-13-17-29(18-14-25)27-7-1-2-8-27)40-34-32(12-6-22-37-34)24-26-15-19-30(20-16-26)28-9-3-4-10-28/h5-6,11-22,27-28H,1-4,7-10,23-24H2. The average Bonchev–Trinajstić information content (AvgIpc) is 3.72. The molecule has 2 saturated carbocycles. The van der Waals surface area contributed by atoms with Gasteiger partial charge in [0.25, 0.3) is 0 Å². The van der Waals surface area contributed by atoms with E-state index < -0.39 is 6.16 Å². The highest BCUT2D eigenvalue weighted by atomic mass is 16.7. The number of hydrogen-bond acceptors (Lipinski definition) is 5. The van der Waals surface area contributed by atoms with Crippen LogP contribution in [-0.2, 0) is 12.8 Å². The third-order valence-electron chi connectivity index (χ3n) is 8.46. The predicted octanol–water partition coefficient (Wildman–Crippen LogP) is 8.55. The number of carbonyl (C=O) groups excluding carboxylic acids is 1. The minimum atomic E-state index is -0.840. The van der Waals surface area contributed by atoms with Crippen molar-refractivity contribution in [1.82, 2.24) is 9.97 Å². The Kier molecular flexibility index (Phi) is 8.17. The lowest BCUT2D eigenvalue weighted by Crippen LogP contribution is -2.17. The molecule has 5 heteroatoms. The zero-order valence-electron chi connectivity index (χ0n) is 22.9. The summed E-state index contributed by atoms with van der Waals surface area (Å²) in [5.41, 5.74) is 6.80. The van der Waals surface area contributed by atoms with Gasteiger partial charge in [-0.25, -0.2) is 14.8 Å². The van der Waals surface area contributed by atoms with Gasteiger partial charge in [-0.15, -0.1) is 0 Å². The van der Waals surface area contributed by atoms with Crippen LogP contribution in [0.25, 0.3) is 0 Å². The fourth-order valence-electron chi connectivity index (χ4n) is 6.25. The van der Waals surface area contributed by atoms with Crippen molar-refractivity contribution in [2.24, 2.45) is 0 Å². The van der Waals surface area contributed by atoms with Crippen LogP contribution in [0.15, 0.2) is 85.2 Å². The molecule has 5 nitrogen and oxygen atoms in total. The Morgan fingerprint density at radius 1 is 0.600 bits per heavy atom. The van der Waals surface area contributed by atoms with Gasteiger partial charge >= 0.3 is 6.16 Å². The number of rotatable bonds is 8. The van der Waals surface area contributed by atoms with Crippen molar-refractivity contribution >= 4 is 6.16 Å². The Morgan fingerprint density at radius 3 is 1.40 bits per heavy atom. The van der Waals surface area contributed by atoms with Gasteiger partial charge in [-0.1, -0.05) is 86.3 Å². The van der Waals surface area contributed by atoms with Crippen molar-refractivity contribution < 1.29 is 14.3 Å². The first-order chi connectivity index (χ1) is 19.7. The van der Waals surface area contributed by atoms with Crippen molar-refractivity contribution in [3.63, 3.8) is 0 Å². The zero-order chi connectivity index (χ0) is 27.1. The molecular weight excluding hydrogens is 496 g/mol. The molecule has 6 rings (SSSR count). The predicted molar refractivity (Wildman–Crippen MR) is 156 cm³/mol. The van der Waals surface area contributed by atoms with E-state index in [2.05, 4.69) is 58.5 Å². The summed E-state index contributed by atoms with van der Waals surface area (Å²) >= 11 is 0. The van der Waals surface area contributed by atoms with Crippen molar-refractivity contribution in [3.05, 3.63) is 119 Å². The number of aromatic nitrogens is 2. The van der Waals surface area contributed by atoms with Gasteiger partial charge in [0.15, 0.2) is 0 Å². The highest BCUT2D eigenvalue weighted by Gasteiger charge is 2.19. The van der Waals surface area contributed by atoms with Gasteiger partial charge in [-0.2, -0.15) is 0 Å². The number of pyridine rings is 2. The second-order valence-electron chi connectivity index (χ2n) is 11.2. The molecule has 2 aromatic heterocycles. The summed E-state index contributed by atoms with van der Waals surface area (Å²) in [5.74, 6) is 1.89. The first-order valence-corrected chi connectivity index (χ1v) is 14.7. The topological polar surface area (TPSA) is 61.3 Å². The maximum Gasteiger partial charge on any atom is 0.522 e. The van der Waals surface area contributed by atoms with E-state index in [0.29, 0.717) is 24.7 Å². The fourth-order valence-corrected chi connectivity index (χ4v) is 6.25. The summed E-state index contributed by atoms with van der Waals surface area (Å²) in [6, 6.07) is 25.2. The van der Waals surface area contributed by atoms with Gasteiger partial charge in [0.1, 0.15) is 0 Å². The molecular formula is C35H36N2O3. The smallest absolute Gasteiger partial charge is 0.375 e. The lowest BCUT2D eigenvalue weighted by Gasteiger charge is -2.13. The van der Waals surface area contributed by atoms with E-state index in [0.717, 1.165) is 22.3 Å². The maximum absolute atomic E-state index is 12.9. The van der Waals surface area contributed by atoms with Crippen molar-refractivity contribution in [2.45, 2.75) is 76.0 Å². The Bertz CT molecular complexity index is 1310. The number of ether oxygens (including phenoxy) is 2. The summed E-state index contributed by atoms with van der Waals surface area (Å²) in [5, 5.41) is 0. The molecule has 2 aliphatic rings. The minimum Gasteiger partial charge on any atom is -0.375 e. The van der Waals surface area contributed by atoms with Gasteiger partial charge in [-0.05, 0) is 71.9 Å². The molecule has 0 amide bonds. The van der Waals surface area contributed by atoms with Crippen LogP contribution in [0.2, 0.25) is 0 Å². The number of carbonyl (C=O) groups is 1. The van der Waals surface area contributed by atoms with Crippen molar-refractivity contribution in [2.75, 3.05) is 0 Å². The third kappa shape index (κ3) is 6.41. The molecule has 204 valence electrons. The van der Waals surface area contributed by atoms with Crippen molar-refractivity contribution in [3.8, 4) is 11.8 Å². The molecule has 0 bridgehead atoms. The molecule has 0 aliphatic heterocycles. The maximum atomic E-state index is 12.9. The van der Waals surface area contributed by atoms with Crippen LogP contribution in [0.1, 0.15) is 96.6 Å². The van der Waals surface area contributed by atoms with E-state index in [1.807, 2.05) is 24.3 Å². The normalized spacial score (nSPS) is 15.8. The molecule has 0 atom stereocenters. The van der Waals surface area contributed by atoms with E-state index in [4.69, 9.17) is 9.47 Å². The molecule has 40 heavy (non-hydrogen) atoms. The molecule has 2 aromatic carbocycles. The SMILES string of the molecule is O=C(Oc1ncccc1Cc1ccc(C2CCCC2)cc1)Oc1ncccc1Cc1ccc(C2CCCC2)cc1. The lowest BCUT2D eigenvalue weighted by molar-refractivity contribution is 0.147. The van der Waals surface area contributed by atoms with Crippen molar-refractivity contribution in [1.29, 1.82) is 0 Å². The fraction of sp³-hybridized carbons (Fsp3) is 0.343. The largest absolute Gasteiger partial charge is 0.522 e. The summed E-state index contributed by atoms with van der Waals surface area (Å²) in [6.45, 7) is 0. The lowest BCUT2D eigenvalue weighted by atomic mass is 9.95. The summed E-state index contributed by atoms with van der Waals surface area (Å²) in [6.07, 6.45) is 14.1. The molecule has 4 aromatic rings. The van der Waals surface area contributed by atoms with Gasteiger partial charge in [-0.3, -0.25) is 0 Å². The first kappa shape index (κ1) is 26.2. The van der Waals surface area contributed by atoms with Crippen LogP contribution in [0.5, 0.6) is 11.8 Å². The Balaban J connectivity index is 1.10. The van der Waals surface area contributed by atoms with E-state index in [9.17, 15) is 4.79 Å². The molecule has 2 fully saturated rings. The number of benzene rings is 2. The molecule has 0 unspecified atom stereocenters. The van der Waals surface area contributed by atoms with E-state index in [-0.39, 0.29) is 11.8 Å². The molecule has 0 radical (unpaired) electrons. The molecule has 0 spiro atoms. The van der Waals surface area contributed by atoms with E-state index in [1.54, 1.807) is 12.4 Å². The van der Waals surface area contributed by atoms with Crippen LogP contribution >= 0.6 is 0 Å². The number of nitrogens with zero attached hydrogens (tertiary/aromatic N) is 2. The Labute approximate surface area is 236 Å². The Hall–Kier alpha value is -3.99. The van der Waals surface area contributed by atoms with Crippen LogP contribution < -0.4 is 9.47 Å². The summed E-state index contributed by atoms with van der Waals surface area (Å²) in [4.78, 5) is 21.5. The molecule has 2 aliphatic carbocycles. The molecule has 0 N–H and O–H groups in total. The highest BCUT2D eigenvalue weighted by Crippen LogP contribution is 2.35. The van der Waals surface area contributed by atoms with E-state index >= 15 is 0 Å².